The van der Waals surface area contributed by atoms with E-state index < -0.39 is 15.7 Å². The van der Waals surface area contributed by atoms with Gasteiger partial charge in [0, 0.05) is 6.26 Å². The Bertz CT molecular complexity index is 648. The average Bonchev–Trinajstić information content (AvgIpc) is 2.82. The summed E-state index contributed by atoms with van der Waals surface area (Å²) in [4.78, 5) is 19.0. The maximum Gasteiger partial charge on any atom is 0.293 e. The molecule has 0 spiro atoms. The van der Waals surface area contributed by atoms with Crippen LogP contribution in [0.15, 0.2) is 29.7 Å². The first kappa shape index (κ1) is 12.2. The highest BCUT2D eigenvalue weighted by molar-refractivity contribution is 7.90. The van der Waals surface area contributed by atoms with E-state index in [1.165, 1.54) is 24.7 Å². The molecule has 2 rings (SSSR count). The van der Waals surface area contributed by atoms with E-state index in [1.54, 1.807) is 0 Å². The predicted octanol–water partition coefficient (Wildman–Crippen LogP) is -0.145. The van der Waals surface area contributed by atoms with Crippen molar-refractivity contribution in [3.05, 3.63) is 30.5 Å². The number of sulfone groups is 1. The van der Waals surface area contributed by atoms with Crippen LogP contribution in [0.25, 0.3) is 0 Å². The fourth-order valence-corrected chi connectivity index (χ4v) is 1.74. The molecule has 8 nitrogen and oxygen atoms in total. The number of nitrogens with zero attached hydrogens (tertiary/aromatic N) is 3. The predicted molar refractivity (Wildman–Crippen MR) is 61.7 cm³/mol. The number of rotatable bonds is 3. The molecule has 2 heterocycles. The molecule has 0 unspecified atom stereocenters. The number of H-pyrrole nitrogens is 1. The van der Waals surface area contributed by atoms with Gasteiger partial charge in [-0.25, -0.2) is 18.4 Å². The van der Waals surface area contributed by atoms with Crippen molar-refractivity contribution in [2.45, 2.75) is 5.03 Å². The van der Waals surface area contributed by atoms with Gasteiger partial charge in [-0.2, -0.15) is 5.10 Å². The maximum absolute atomic E-state index is 11.6. The van der Waals surface area contributed by atoms with Gasteiger partial charge in [0.2, 0.25) is 5.82 Å². The SMILES string of the molecule is CS(=O)(=O)c1ccc(NC(=O)c2ncn[nH]2)cn1. The summed E-state index contributed by atoms with van der Waals surface area (Å²) in [6, 6.07) is 2.75. The van der Waals surface area contributed by atoms with Crippen LogP contribution in [0, 0.1) is 0 Å². The zero-order valence-electron chi connectivity index (χ0n) is 9.28. The zero-order chi connectivity index (χ0) is 13.2. The summed E-state index contributed by atoms with van der Waals surface area (Å²) in [7, 11) is -3.34. The number of pyridine rings is 1. The van der Waals surface area contributed by atoms with E-state index >= 15 is 0 Å². The number of carbonyl (C=O) groups is 1. The Kier molecular flexibility index (Phi) is 3.06. The molecular weight excluding hydrogens is 258 g/mol. The monoisotopic (exact) mass is 267 g/mol. The van der Waals surface area contributed by atoms with Crippen LogP contribution in [0.1, 0.15) is 10.6 Å². The number of aromatic amines is 1. The van der Waals surface area contributed by atoms with Crippen molar-refractivity contribution in [2.75, 3.05) is 11.6 Å². The second-order valence-electron chi connectivity index (χ2n) is 3.45. The topological polar surface area (TPSA) is 118 Å². The summed E-state index contributed by atoms with van der Waals surface area (Å²) in [6.45, 7) is 0. The molecule has 2 N–H and O–H groups in total. The molecule has 94 valence electrons. The van der Waals surface area contributed by atoms with Crippen molar-refractivity contribution in [3.8, 4) is 0 Å². The van der Waals surface area contributed by atoms with Crippen molar-refractivity contribution in [2.24, 2.45) is 0 Å². The zero-order valence-corrected chi connectivity index (χ0v) is 10.1. The van der Waals surface area contributed by atoms with E-state index in [0.717, 1.165) is 6.26 Å². The Morgan fingerprint density at radius 1 is 1.33 bits per heavy atom. The Morgan fingerprint density at radius 2 is 2.11 bits per heavy atom. The van der Waals surface area contributed by atoms with Crippen LogP contribution in [0.4, 0.5) is 5.69 Å². The number of aromatic nitrogens is 4. The number of carbonyl (C=O) groups excluding carboxylic acids is 1. The van der Waals surface area contributed by atoms with Gasteiger partial charge in [0.15, 0.2) is 14.9 Å². The molecule has 2 aromatic heterocycles. The number of amides is 1. The highest BCUT2D eigenvalue weighted by atomic mass is 32.2. The molecule has 1 amide bonds. The van der Waals surface area contributed by atoms with Crippen LogP contribution in [0.2, 0.25) is 0 Å². The standard InChI is InChI=1S/C9H9N5O3S/c1-18(16,17)7-3-2-6(4-10-7)13-9(15)8-11-5-12-14-8/h2-5H,1H3,(H,13,15)(H,11,12,14). The lowest BCUT2D eigenvalue weighted by Crippen LogP contribution is -2.14. The molecular formula is C9H9N5O3S. The lowest BCUT2D eigenvalue weighted by Gasteiger charge is -2.03. The van der Waals surface area contributed by atoms with Crippen LogP contribution >= 0.6 is 0 Å². The minimum Gasteiger partial charge on any atom is -0.318 e. The molecule has 0 radical (unpaired) electrons. The Balaban J connectivity index is 2.14. The van der Waals surface area contributed by atoms with Gasteiger partial charge in [-0.1, -0.05) is 0 Å². The summed E-state index contributed by atoms with van der Waals surface area (Å²) in [5, 5.41) is 8.38. The number of nitrogens with one attached hydrogen (secondary N) is 2. The second-order valence-corrected chi connectivity index (χ2v) is 5.41. The lowest BCUT2D eigenvalue weighted by molar-refractivity contribution is 0.101. The second kappa shape index (κ2) is 4.53. The van der Waals surface area contributed by atoms with E-state index in [9.17, 15) is 13.2 Å². The van der Waals surface area contributed by atoms with Gasteiger partial charge in [-0.3, -0.25) is 9.89 Å². The van der Waals surface area contributed by atoms with Gasteiger partial charge in [0.05, 0.1) is 11.9 Å². The van der Waals surface area contributed by atoms with E-state index in [4.69, 9.17) is 0 Å². The Labute approximate surface area is 102 Å². The van der Waals surface area contributed by atoms with E-state index in [-0.39, 0.29) is 10.9 Å². The summed E-state index contributed by atoms with van der Waals surface area (Å²) in [5.41, 5.74) is 0.365. The van der Waals surface area contributed by atoms with Crippen molar-refractivity contribution in [1.82, 2.24) is 20.2 Å². The van der Waals surface area contributed by atoms with Crippen LogP contribution < -0.4 is 5.32 Å². The van der Waals surface area contributed by atoms with Crippen LogP contribution in [0.5, 0.6) is 0 Å². The average molecular weight is 267 g/mol. The van der Waals surface area contributed by atoms with Crippen LogP contribution in [0.3, 0.4) is 0 Å². The number of hydrogen-bond donors (Lipinski definition) is 2. The van der Waals surface area contributed by atoms with E-state index in [2.05, 4.69) is 25.5 Å². The molecule has 0 aliphatic carbocycles. The molecule has 0 saturated carbocycles. The first-order valence-electron chi connectivity index (χ1n) is 4.79. The smallest absolute Gasteiger partial charge is 0.293 e. The molecule has 0 atom stereocenters. The van der Waals surface area contributed by atoms with Gasteiger partial charge in [-0.05, 0) is 12.1 Å². The lowest BCUT2D eigenvalue weighted by atomic mass is 10.4. The molecule has 9 heteroatoms. The quantitative estimate of drug-likeness (QED) is 0.798. The van der Waals surface area contributed by atoms with E-state index in [0.29, 0.717) is 5.69 Å². The fraction of sp³-hybridized carbons (Fsp3) is 0.111. The molecule has 0 aromatic carbocycles. The molecule has 0 fully saturated rings. The van der Waals surface area contributed by atoms with Crippen molar-refractivity contribution < 1.29 is 13.2 Å². The third-order valence-electron chi connectivity index (χ3n) is 2.00. The van der Waals surface area contributed by atoms with Gasteiger partial charge in [0.25, 0.3) is 5.91 Å². The summed E-state index contributed by atoms with van der Waals surface area (Å²) in [6.07, 6.45) is 3.52. The van der Waals surface area contributed by atoms with Gasteiger partial charge >= 0.3 is 0 Å². The molecule has 0 aliphatic heterocycles. The van der Waals surface area contributed by atoms with Gasteiger partial charge in [-0.15, -0.1) is 0 Å². The Hall–Kier alpha value is -2.29. The normalized spacial score (nSPS) is 11.2. The summed E-state index contributed by atoms with van der Waals surface area (Å²) < 4.78 is 22.4. The molecule has 0 aliphatic rings. The number of anilines is 1. The fourth-order valence-electron chi connectivity index (χ4n) is 1.18. The van der Waals surface area contributed by atoms with Gasteiger partial charge in [0.1, 0.15) is 6.33 Å². The van der Waals surface area contributed by atoms with Gasteiger partial charge < -0.3 is 5.32 Å². The minimum absolute atomic E-state index is 0.0554. The third-order valence-corrected chi connectivity index (χ3v) is 3.01. The first-order valence-corrected chi connectivity index (χ1v) is 6.69. The molecule has 0 saturated heterocycles. The highest BCUT2D eigenvalue weighted by Crippen LogP contribution is 2.10. The number of hydrogen-bond acceptors (Lipinski definition) is 6. The summed E-state index contributed by atoms with van der Waals surface area (Å²) >= 11 is 0. The molecule has 0 bridgehead atoms. The van der Waals surface area contributed by atoms with Crippen molar-refractivity contribution >= 4 is 21.4 Å². The molecule has 2 aromatic rings. The van der Waals surface area contributed by atoms with Crippen LogP contribution in [-0.2, 0) is 9.84 Å². The third kappa shape index (κ3) is 2.69. The summed E-state index contributed by atoms with van der Waals surface area (Å²) in [5.74, 6) is -0.427. The Morgan fingerprint density at radius 3 is 2.61 bits per heavy atom. The largest absolute Gasteiger partial charge is 0.318 e. The minimum atomic E-state index is -3.34. The van der Waals surface area contributed by atoms with E-state index in [1.807, 2.05) is 0 Å². The maximum atomic E-state index is 11.6. The highest BCUT2D eigenvalue weighted by Gasteiger charge is 2.11. The van der Waals surface area contributed by atoms with Crippen molar-refractivity contribution in [3.63, 3.8) is 0 Å². The molecule has 18 heavy (non-hydrogen) atoms. The first-order chi connectivity index (χ1) is 8.47. The van der Waals surface area contributed by atoms with Crippen LogP contribution in [-0.4, -0.2) is 40.7 Å². The van der Waals surface area contributed by atoms with Crippen molar-refractivity contribution in [1.29, 1.82) is 0 Å².